The van der Waals surface area contributed by atoms with Crippen molar-refractivity contribution in [2.75, 3.05) is 6.61 Å². The first-order valence-electron chi connectivity index (χ1n) is 17.3. The predicted molar refractivity (Wildman–Crippen MR) is 206 cm³/mol. The molecule has 0 spiro atoms. The van der Waals surface area contributed by atoms with Gasteiger partial charge in [-0.15, -0.1) is 0 Å². The Balaban J connectivity index is 1.30. The van der Waals surface area contributed by atoms with Gasteiger partial charge in [0.15, 0.2) is 0 Å². The molecule has 1 saturated heterocycles. The van der Waals surface area contributed by atoms with Crippen molar-refractivity contribution in [3.8, 4) is 0 Å². The molecular weight excluding hydrogens is 639 g/mol. The predicted octanol–water partition coefficient (Wildman–Crippen LogP) is 8.69. The molecule has 1 fully saturated rings. The summed E-state index contributed by atoms with van der Waals surface area (Å²) in [6.07, 6.45) is -0.684. The summed E-state index contributed by atoms with van der Waals surface area (Å²) < 4.78 is 20.6. The number of hydrogen-bond acceptors (Lipinski definition) is 4. The van der Waals surface area contributed by atoms with Crippen molar-refractivity contribution in [2.45, 2.75) is 70.4 Å². The number of rotatable bonds is 15. The van der Waals surface area contributed by atoms with E-state index in [0.29, 0.717) is 24.8 Å². The number of nitrogens with one attached hydrogen (secondary N) is 1. The van der Waals surface area contributed by atoms with Crippen LogP contribution in [0.5, 0.6) is 0 Å². The molecule has 252 valence electrons. The van der Waals surface area contributed by atoms with Crippen LogP contribution in [0.15, 0.2) is 133 Å². The fraction of sp³-hybridized carbons (Fsp3) is 0.279. The lowest BCUT2D eigenvalue weighted by Gasteiger charge is -2.35. The maximum atomic E-state index is 7.44. The third-order valence-electron chi connectivity index (χ3n) is 9.35. The van der Waals surface area contributed by atoms with E-state index in [-0.39, 0.29) is 18.2 Å². The Bertz CT molecular complexity index is 1650. The van der Waals surface area contributed by atoms with Crippen LogP contribution in [0, 0.1) is 20.8 Å². The highest BCUT2D eigenvalue weighted by Gasteiger charge is 2.44. The summed E-state index contributed by atoms with van der Waals surface area (Å²) in [5, 5.41) is 3.59. The first-order valence-corrected chi connectivity index (χ1v) is 20.2. The average molecular weight is 686 g/mol. The Kier molecular flexibility index (Phi) is 11.9. The summed E-state index contributed by atoms with van der Waals surface area (Å²) in [5.74, 6) is 0. The lowest BCUT2D eigenvalue weighted by atomic mass is 10.1. The summed E-state index contributed by atoms with van der Waals surface area (Å²) in [6.45, 7) is 7.83. The van der Waals surface area contributed by atoms with Gasteiger partial charge >= 0.3 is 0 Å². The van der Waals surface area contributed by atoms with Gasteiger partial charge in [0.1, 0.15) is 17.2 Å². The minimum absolute atomic E-state index is 0.155. The van der Waals surface area contributed by atoms with Gasteiger partial charge in [0, 0.05) is 0 Å². The Hall–Kier alpha value is -3.91. The van der Waals surface area contributed by atoms with E-state index in [1.807, 2.05) is 36.4 Å². The number of hydrogen-bond donors (Lipinski definition) is 1. The van der Waals surface area contributed by atoms with E-state index in [1.54, 1.807) is 0 Å². The molecule has 3 atom stereocenters. The highest BCUT2D eigenvalue weighted by Crippen LogP contribution is 2.28. The van der Waals surface area contributed by atoms with Crippen molar-refractivity contribution >= 4 is 25.5 Å². The zero-order valence-electron chi connectivity index (χ0n) is 28.8. The maximum absolute atomic E-state index is 7.44. The van der Waals surface area contributed by atoms with Crippen LogP contribution >= 0.6 is 12.2 Å². The van der Waals surface area contributed by atoms with Gasteiger partial charge < -0.3 is 19.2 Å². The van der Waals surface area contributed by atoms with Gasteiger partial charge in [0.05, 0.1) is 25.9 Å². The molecule has 49 heavy (non-hydrogen) atoms. The molecule has 0 bridgehead atoms. The van der Waals surface area contributed by atoms with Crippen LogP contribution in [0.25, 0.3) is 0 Å². The number of benzene rings is 5. The van der Waals surface area contributed by atoms with Gasteiger partial charge in [0.2, 0.25) is 8.32 Å². The second-order valence-corrected chi connectivity index (χ2v) is 17.7. The highest BCUT2D eigenvalue weighted by molar-refractivity contribution is 7.80. The second-order valence-electron chi connectivity index (χ2n) is 13.6. The van der Waals surface area contributed by atoms with Crippen LogP contribution in [0.2, 0.25) is 0 Å². The van der Waals surface area contributed by atoms with Gasteiger partial charge in [-0.25, -0.2) is 0 Å². The van der Waals surface area contributed by atoms with Crippen LogP contribution in [-0.2, 0) is 45.2 Å². The second kappa shape index (κ2) is 16.7. The van der Waals surface area contributed by atoms with Crippen molar-refractivity contribution in [3.63, 3.8) is 0 Å². The average Bonchev–Trinajstić information content (AvgIpc) is 3.43. The fourth-order valence-electron chi connectivity index (χ4n) is 6.59. The van der Waals surface area contributed by atoms with Crippen LogP contribution in [0.1, 0.15) is 44.5 Å². The van der Waals surface area contributed by atoms with E-state index in [2.05, 4.69) is 123 Å². The summed E-state index contributed by atoms with van der Waals surface area (Å²) in [4.78, 5) is 0.672. The van der Waals surface area contributed by atoms with Gasteiger partial charge in [-0.2, -0.15) is 0 Å². The molecule has 0 radical (unpaired) electrons. The lowest BCUT2D eigenvalue weighted by molar-refractivity contribution is -0.0610. The first kappa shape index (κ1) is 34.9. The third kappa shape index (κ3) is 9.84. The highest BCUT2D eigenvalue weighted by atomic mass is 32.1. The normalized spacial score (nSPS) is 17.6. The van der Waals surface area contributed by atoms with Crippen LogP contribution in [0.4, 0.5) is 0 Å². The number of ether oxygens (including phenoxy) is 2. The molecule has 1 aliphatic heterocycles. The zero-order chi connectivity index (χ0) is 34.1. The number of aryl methyl sites for hydroxylation is 3. The molecule has 0 amide bonds. The van der Waals surface area contributed by atoms with Crippen LogP contribution in [-0.4, -0.2) is 38.2 Å². The Morgan fingerprint density at radius 1 is 0.531 bits per heavy atom. The summed E-state index contributed by atoms with van der Waals surface area (Å²) >= 11 is 5.94. The van der Waals surface area contributed by atoms with E-state index in [9.17, 15) is 0 Å². The van der Waals surface area contributed by atoms with Gasteiger partial charge in [-0.1, -0.05) is 162 Å². The van der Waals surface area contributed by atoms with Crippen molar-refractivity contribution in [1.82, 2.24) is 5.32 Å². The molecule has 0 aromatic heterocycles. The lowest BCUT2D eigenvalue weighted by Crippen LogP contribution is -2.51. The van der Waals surface area contributed by atoms with Crippen LogP contribution in [0.3, 0.4) is 0 Å². The Morgan fingerprint density at radius 3 is 1.37 bits per heavy atom. The van der Waals surface area contributed by atoms with Crippen molar-refractivity contribution in [3.05, 3.63) is 178 Å². The van der Waals surface area contributed by atoms with E-state index < -0.39 is 8.32 Å². The maximum Gasteiger partial charge on any atom is 0.205 e. The van der Waals surface area contributed by atoms with E-state index in [1.165, 1.54) is 33.4 Å². The molecule has 3 unspecified atom stereocenters. The molecule has 6 rings (SSSR count). The van der Waals surface area contributed by atoms with Gasteiger partial charge in [-0.3, -0.25) is 0 Å². The minimum atomic E-state index is -2.55. The Morgan fingerprint density at radius 2 is 0.939 bits per heavy atom. The summed E-state index contributed by atoms with van der Waals surface area (Å²) in [5.41, 5.74) is 9.94. The summed E-state index contributed by atoms with van der Waals surface area (Å²) in [6, 6.07) is 50.0. The van der Waals surface area contributed by atoms with E-state index in [4.69, 9.17) is 26.1 Å². The molecule has 5 aromatic carbocycles. The van der Waals surface area contributed by atoms with Crippen molar-refractivity contribution in [1.29, 1.82) is 0 Å². The molecule has 6 heteroatoms. The SMILES string of the molecule is Cc1ccc(C[Si](Cc2ccc(C)cc2)(Cc2ccc(C)cc2)OCC2NC(=S)C(OCc3ccccc3)C2OCc2ccccc2)cc1. The smallest absolute Gasteiger partial charge is 0.205 e. The van der Waals surface area contributed by atoms with E-state index in [0.717, 1.165) is 29.3 Å². The third-order valence-corrected chi connectivity index (χ3v) is 13.6. The summed E-state index contributed by atoms with van der Waals surface area (Å²) in [7, 11) is -2.55. The topological polar surface area (TPSA) is 39.7 Å². The standard InChI is InChI=1S/C43H47NO3SSi/c1-32-14-20-37(21-15-32)29-49(30-38-22-16-33(2)17-23-38,31-39-24-18-34(3)19-25-39)47-28-40-41(45-26-35-10-6-4-7-11-35)42(43(48)44-40)46-27-36-12-8-5-9-13-36/h4-25,40-42H,26-31H2,1-3H3,(H,44,48). The minimum Gasteiger partial charge on any atom is -0.414 e. The molecule has 1 heterocycles. The fourth-order valence-corrected chi connectivity index (χ4v) is 11.1. The molecule has 0 aliphatic carbocycles. The quantitative estimate of drug-likeness (QED) is 0.0882. The van der Waals surface area contributed by atoms with Crippen LogP contribution < -0.4 is 5.32 Å². The molecule has 0 saturated carbocycles. The van der Waals surface area contributed by atoms with Gasteiger partial charge in [0.25, 0.3) is 0 Å². The monoisotopic (exact) mass is 685 g/mol. The first-order chi connectivity index (χ1) is 23.8. The largest absolute Gasteiger partial charge is 0.414 e. The van der Waals surface area contributed by atoms with Crippen molar-refractivity contribution < 1.29 is 13.9 Å². The van der Waals surface area contributed by atoms with Crippen molar-refractivity contribution in [2.24, 2.45) is 0 Å². The van der Waals surface area contributed by atoms with E-state index >= 15 is 0 Å². The molecule has 5 aromatic rings. The van der Waals surface area contributed by atoms with Gasteiger partial charge in [-0.05, 0) is 66.7 Å². The zero-order valence-corrected chi connectivity index (χ0v) is 30.6. The molecular formula is C43H47NO3SSi. The number of thiocarbonyl (C=S) groups is 1. The molecule has 1 aliphatic rings. The molecule has 4 nitrogen and oxygen atoms in total. The molecule has 1 N–H and O–H groups in total. The Labute approximate surface area is 298 Å².